The first-order valence-electron chi connectivity index (χ1n) is 6.59. The van der Waals surface area contributed by atoms with Gasteiger partial charge in [-0.15, -0.1) is 0 Å². The third-order valence-electron chi connectivity index (χ3n) is 3.18. The van der Waals surface area contributed by atoms with Crippen LogP contribution in [0.3, 0.4) is 0 Å². The number of hydrogen-bond acceptors (Lipinski definition) is 6. The van der Waals surface area contributed by atoms with Crippen LogP contribution in [-0.2, 0) is 6.42 Å². The molecule has 2 aromatic heterocycles. The molecule has 0 unspecified atom stereocenters. The molecule has 0 amide bonds. The van der Waals surface area contributed by atoms with Crippen molar-refractivity contribution in [1.82, 2.24) is 25.1 Å². The predicted octanol–water partition coefficient (Wildman–Crippen LogP) is 0.668. The van der Waals surface area contributed by atoms with Gasteiger partial charge >= 0.3 is 0 Å². The Bertz CT molecular complexity index is 794. The minimum atomic E-state index is -0.191. The van der Waals surface area contributed by atoms with Gasteiger partial charge in [0, 0.05) is 13.0 Å². The van der Waals surface area contributed by atoms with Crippen LogP contribution in [0.15, 0.2) is 29.6 Å². The molecule has 0 bridgehead atoms. The van der Waals surface area contributed by atoms with Crippen LogP contribution in [0.1, 0.15) is 12.2 Å². The highest BCUT2D eigenvalue weighted by molar-refractivity contribution is 5.88. The Hall–Kier alpha value is -2.90. The largest absolute Gasteiger partial charge is 0.397 e. The molecule has 8 heteroatoms. The summed E-state index contributed by atoms with van der Waals surface area (Å²) in [5, 5.41) is 10.3. The lowest BCUT2D eigenvalue weighted by Gasteiger charge is -2.09. The molecule has 3 rings (SSSR count). The third-order valence-corrected chi connectivity index (χ3v) is 3.18. The fourth-order valence-corrected chi connectivity index (χ4v) is 2.12. The molecule has 0 aliphatic rings. The first-order valence-corrected chi connectivity index (χ1v) is 6.59. The molecule has 21 heavy (non-hydrogen) atoms. The van der Waals surface area contributed by atoms with Crippen molar-refractivity contribution in [3.63, 3.8) is 0 Å². The maximum absolute atomic E-state index is 11.6. The van der Waals surface area contributed by atoms with Gasteiger partial charge in [-0.2, -0.15) is 5.10 Å². The number of nitrogens with zero attached hydrogens (tertiary/aromatic N) is 3. The van der Waals surface area contributed by atoms with Crippen molar-refractivity contribution in [1.29, 1.82) is 0 Å². The second kappa shape index (κ2) is 5.61. The number of nitrogen functional groups attached to an aromatic ring is 1. The molecule has 0 spiro atoms. The van der Waals surface area contributed by atoms with Gasteiger partial charge in [0.25, 0.3) is 5.56 Å². The fourth-order valence-electron chi connectivity index (χ4n) is 2.12. The summed E-state index contributed by atoms with van der Waals surface area (Å²) in [6.07, 6.45) is 4.57. The van der Waals surface area contributed by atoms with Gasteiger partial charge in [0.15, 0.2) is 0 Å². The third kappa shape index (κ3) is 2.83. The summed E-state index contributed by atoms with van der Waals surface area (Å²) in [6, 6.07) is 3.42. The smallest absolute Gasteiger partial charge is 0.258 e. The highest BCUT2D eigenvalue weighted by atomic mass is 16.1. The molecule has 0 radical (unpaired) electrons. The van der Waals surface area contributed by atoms with E-state index in [2.05, 4.69) is 30.5 Å². The molecule has 0 aliphatic carbocycles. The summed E-state index contributed by atoms with van der Waals surface area (Å²) in [5.41, 5.74) is 7.69. The highest BCUT2D eigenvalue weighted by Gasteiger charge is 2.05. The average Bonchev–Trinajstić information content (AvgIpc) is 2.98. The number of nitrogens with one attached hydrogen (secondary N) is 3. The van der Waals surface area contributed by atoms with Crippen molar-refractivity contribution in [3.8, 4) is 0 Å². The Morgan fingerprint density at radius 3 is 3.00 bits per heavy atom. The molecule has 2 heterocycles. The van der Waals surface area contributed by atoms with Crippen molar-refractivity contribution in [2.75, 3.05) is 17.6 Å². The molecular formula is C13H15N7O. The Labute approximate surface area is 119 Å². The van der Waals surface area contributed by atoms with E-state index in [4.69, 9.17) is 5.73 Å². The van der Waals surface area contributed by atoms with Crippen LogP contribution in [0, 0.1) is 0 Å². The van der Waals surface area contributed by atoms with E-state index in [0.717, 1.165) is 30.9 Å². The van der Waals surface area contributed by atoms with Crippen molar-refractivity contribution in [3.05, 3.63) is 41.0 Å². The van der Waals surface area contributed by atoms with E-state index >= 15 is 0 Å². The van der Waals surface area contributed by atoms with Crippen LogP contribution in [0.5, 0.6) is 0 Å². The van der Waals surface area contributed by atoms with Gasteiger partial charge in [-0.1, -0.05) is 0 Å². The predicted molar refractivity (Wildman–Crippen MR) is 80.0 cm³/mol. The maximum Gasteiger partial charge on any atom is 0.258 e. The van der Waals surface area contributed by atoms with E-state index in [1.807, 2.05) is 0 Å². The second-order valence-electron chi connectivity index (χ2n) is 4.65. The van der Waals surface area contributed by atoms with E-state index in [9.17, 15) is 4.79 Å². The summed E-state index contributed by atoms with van der Waals surface area (Å²) in [7, 11) is 0. The molecule has 108 valence electrons. The van der Waals surface area contributed by atoms with Gasteiger partial charge < -0.3 is 16.0 Å². The van der Waals surface area contributed by atoms with E-state index in [0.29, 0.717) is 16.6 Å². The van der Waals surface area contributed by atoms with Gasteiger partial charge in [-0.3, -0.25) is 9.89 Å². The second-order valence-corrected chi connectivity index (χ2v) is 4.65. The Morgan fingerprint density at radius 1 is 1.29 bits per heavy atom. The minimum absolute atomic E-state index is 0.191. The molecule has 0 aliphatic heterocycles. The highest BCUT2D eigenvalue weighted by Crippen LogP contribution is 2.22. The number of H-pyrrole nitrogens is 2. The van der Waals surface area contributed by atoms with Gasteiger partial charge in [-0.25, -0.2) is 9.97 Å². The fraction of sp³-hybridized carbons (Fsp3) is 0.231. The lowest BCUT2D eigenvalue weighted by Crippen LogP contribution is -2.09. The topological polar surface area (TPSA) is 125 Å². The number of nitrogens with two attached hydrogens (primary N) is 1. The number of benzene rings is 1. The monoisotopic (exact) mass is 285 g/mol. The summed E-state index contributed by atoms with van der Waals surface area (Å²) in [5.74, 6) is 0.858. The molecule has 8 nitrogen and oxygen atoms in total. The van der Waals surface area contributed by atoms with Crippen LogP contribution < -0.4 is 16.6 Å². The standard InChI is InChI=1S/C13H15N7O/c14-9-4-8-10(16-6-18-13(8)21)5-11(9)15-3-1-2-12-17-7-19-20-12/h4-7,15H,1-3,14H2,(H,16,18,21)(H,17,19,20). The zero-order valence-corrected chi connectivity index (χ0v) is 11.3. The summed E-state index contributed by atoms with van der Waals surface area (Å²) < 4.78 is 0. The van der Waals surface area contributed by atoms with E-state index in [1.165, 1.54) is 12.7 Å². The average molecular weight is 285 g/mol. The Balaban J connectivity index is 1.69. The molecule has 0 saturated heterocycles. The summed E-state index contributed by atoms with van der Waals surface area (Å²) in [6.45, 7) is 0.736. The van der Waals surface area contributed by atoms with Crippen molar-refractivity contribution in [2.45, 2.75) is 12.8 Å². The lowest BCUT2D eigenvalue weighted by atomic mass is 10.2. The van der Waals surface area contributed by atoms with E-state index in [-0.39, 0.29) is 5.56 Å². The number of aromatic nitrogens is 5. The van der Waals surface area contributed by atoms with Crippen LogP contribution in [0.25, 0.3) is 10.9 Å². The van der Waals surface area contributed by atoms with Gasteiger partial charge in [0.05, 0.1) is 28.6 Å². The molecule has 5 N–H and O–H groups in total. The minimum Gasteiger partial charge on any atom is -0.397 e. The van der Waals surface area contributed by atoms with Crippen molar-refractivity contribution < 1.29 is 0 Å². The number of anilines is 2. The Morgan fingerprint density at radius 2 is 2.19 bits per heavy atom. The molecule has 0 saturated carbocycles. The van der Waals surface area contributed by atoms with Crippen LogP contribution in [0.4, 0.5) is 11.4 Å². The zero-order chi connectivity index (χ0) is 14.7. The van der Waals surface area contributed by atoms with Crippen LogP contribution >= 0.6 is 0 Å². The first kappa shape index (κ1) is 13.1. The number of hydrogen-bond donors (Lipinski definition) is 4. The van der Waals surface area contributed by atoms with Gasteiger partial charge in [0.2, 0.25) is 0 Å². The van der Waals surface area contributed by atoms with E-state index < -0.39 is 0 Å². The van der Waals surface area contributed by atoms with Gasteiger partial charge in [-0.05, 0) is 18.6 Å². The van der Waals surface area contributed by atoms with Crippen LogP contribution in [-0.4, -0.2) is 31.7 Å². The SMILES string of the molecule is Nc1cc2c(=O)[nH]cnc2cc1NCCCc1ncn[nH]1. The molecular weight excluding hydrogens is 270 g/mol. The number of fused-ring (bicyclic) bond motifs is 1. The number of aromatic amines is 2. The normalized spacial score (nSPS) is 10.9. The van der Waals surface area contributed by atoms with Gasteiger partial charge in [0.1, 0.15) is 12.2 Å². The quantitative estimate of drug-likeness (QED) is 0.403. The lowest BCUT2D eigenvalue weighted by molar-refractivity contribution is 0.806. The number of aryl methyl sites for hydroxylation is 1. The summed E-state index contributed by atoms with van der Waals surface area (Å²) >= 11 is 0. The summed E-state index contributed by atoms with van der Waals surface area (Å²) in [4.78, 5) is 22.4. The Kier molecular flexibility index (Phi) is 3.50. The van der Waals surface area contributed by atoms with Crippen molar-refractivity contribution >= 4 is 22.3 Å². The molecule has 0 fully saturated rings. The zero-order valence-electron chi connectivity index (χ0n) is 11.3. The molecule has 3 aromatic rings. The van der Waals surface area contributed by atoms with E-state index in [1.54, 1.807) is 12.1 Å². The molecule has 1 aromatic carbocycles. The number of rotatable bonds is 5. The van der Waals surface area contributed by atoms with Crippen LogP contribution in [0.2, 0.25) is 0 Å². The molecule has 0 atom stereocenters. The maximum atomic E-state index is 11.6. The van der Waals surface area contributed by atoms with Crippen molar-refractivity contribution in [2.24, 2.45) is 0 Å². The first-order chi connectivity index (χ1) is 10.2.